The van der Waals surface area contributed by atoms with Crippen LogP contribution in [0.1, 0.15) is 24.4 Å². The van der Waals surface area contributed by atoms with Crippen molar-refractivity contribution in [3.05, 3.63) is 45.2 Å². The lowest BCUT2D eigenvalue weighted by molar-refractivity contribution is 0.219. The molecule has 0 spiro atoms. The van der Waals surface area contributed by atoms with E-state index in [0.717, 1.165) is 19.4 Å². The average molecular weight is 330 g/mol. The number of hydrogen-bond acceptors (Lipinski definition) is 3. The number of hydrogen-bond donors (Lipinski definition) is 2. The molecule has 0 radical (unpaired) electrons. The third-order valence-corrected chi connectivity index (χ3v) is 3.42. The molecule has 2 rings (SSSR count). The second kappa shape index (κ2) is 5.65. The highest BCUT2D eigenvalue weighted by atomic mass is 127. The summed E-state index contributed by atoms with van der Waals surface area (Å²) in [5.74, 6) is 5.63. The zero-order chi connectivity index (χ0) is 11.4. The molecule has 3 N–H and O–H groups in total. The summed E-state index contributed by atoms with van der Waals surface area (Å²) >= 11 is 2.30. The molecule has 0 amide bonds. The van der Waals surface area contributed by atoms with Crippen LogP contribution in [0.15, 0.2) is 36.1 Å². The molecule has 1 unspecified atom stereocenters. The van der Waals surface area contributed by atoms with E-state index in [4.69, 9.17) is 10.6 Å². The molecule has 0 saturated heterocycles. The van der Waals surface area contributed by atoms with Crippen LogP contribution in [0, 0.1) is 3.57 Å². The van der Waals surface area contributed by atoms with Crippen molar-refractivity contribution in [1.29, 1.82) is 0 Å². The van der Waals surface area contributed by atoms with Gasteiger partial charge in [0.2, 0.25) is 0 Å². The maximum Gasteiger partial charge on any atom is 0.0876 e. The van der Waals surface area contributed by atoms with E-state index in [2.05, 4.69) is 52.3 Å². The number of halogens is 1. The van der Waals surface area contributed by atoms with Gasteiger partial charge in [-0.15, -0.1) is 0 Å². The third-order valence-electron chi connectivity index (χ3n) is 2.70. The number of benzene rings is 1. The normalized spacial score (nSPS) is 17.5. The minimum Gasteiger partial charge on any atom is -0.501 e. The second-order valence-electron chi connectivity index (χ2n) is 3.82. The third kappa shape index (κ3) is 2.75. The number of nitrogens with one attached hydrogen (secondary N) is 1. The average Bonchev–Trinajstić information content (AvgIpc) is 2.34. The van der Waals surface area contributed by atoms with E-state index in [1.54, 1.807) is 0 Å². The van der Waals surface area contributed by atoms with Gasteiger partial charge in [-0.25, -0.2) is 5.43 Å². The minimum atomic E-state index is 0.0669. The maximum atomic E-state index is 5.63. The van der Waals surface area contributed by atoms with Crippen LogP contribution in [-0.4, -0.2) is 6.61 Å². The van der Waals surface area contributed by atoms with Crippen molar-refractivity contribution in [3.8, 4) is 0 Å². The highest BCUT2D eigenvalue weighted by Gasteiger charge is 2.17. The van der Waals surface area contributed by atoms with Gasteiger partial charge in [0.25, 0.3) is 0 Å². The van der Waals surface area contributed by atoms with Crippen LogP contribution >= 0.6 is 22.6 Å². The van der Waals surface area contributed by atoms with Gasteiger partial charge in [0.1, 0.15) is 0 Å². The predicted molar refractivity (Wildman–Crippen MR) is 72.5 cm³/mol. The molecule has 1 aromatic carbocycles. The topological polar surface area (TPSA) is 47.3 Å². The molecular formula is C12H15IN2O. The maximum absolute atomic E-state index is 5.63. The van der Waals surface area contributed by atoms with Gasteiger partial charge in [-0.05, 0) is 58.7 Å². The molecule has 0 aliphatic carbocycles. The molecule has 1 heterocycles. The van der Waals surface area contributed by atoms with E-state index in [1.807, 2.05) is 6.26 Å². The Morgan fingerprint density at radius 2 is 2.06 bits per heavy atom. The molecule has 0 saturated carbocycles. The van der Waals surface area contributed by atoms with E-state index >= 15 is 0 Å². The zero-order valence-electron chi connectivity index (χ0n) is 8.95. The van der Waals surface area contributed by atoms with Crippen LogP contribution in [0.5, 0.6) is 0 Å². The van der Waals surface area contributed by atoms with Crippen molar-refractivity contribution in [3.63, 3.8) is 0 Å². The standard InChI is InChI=1S/C12H15IN2O/c13-11-5-3-9(4-6-11)12(15-14)10-2-1-7-16-8-10/h3-6,8,12,15H,1-2,7,14H2. The summed E-state index contributed by atoms with van der Waals surface area (Å²) < 4.78 is 6.58. The molecule has 0 aromatic heterocycles. The number of nitrogens with two attached hydrogens (primary N) is 1. The number of rotatable bonds is 3. The van der Waals surface area contributed by atoms with E-state index in [-0.39, 0.29) is 6.04 Å². The van der Waals surface area contributed by atoms with Gasteiger partial charge in [-0.1, -0.05) is 12.1 Å². The molecule has 0 fully saturated rings. The van der Waals surface area contributed by atoms with Crippen molar-refractivity contribution in [2.24, 2.45) is 5.84 Å². The first-order valence-corrected chi connectivity index (χ1v) is 6.41. The van der Waals surface area contributed by atoms with Crippen LogP contribution in [0.2, 0.25) is 0 Å². The molecule has 0 bridgehead atoms. The SMILES string of the molecule is NNC(C1=COCCC1)c1ccc(I)cc1. The summed E-state index contributed by atoms with van der Waals surface area (Å²) in [6.07, 6.45) is 3.95. The lowest BCUT2D eigenvalue weighted by atomic mass is 9.96. The van der Waals surface area contributed by atoms with Crippen LogP contribution in [0.3, 0.4) is 0 Å². The van der Waals surface area contributed by atoms with Gasteiger partial charge in [0, 0.05) is 3.57 Å². The Bertz CT molecular complexity index is 375. The molecule has 4 heteroatoms. The van der Waals surface area contributed by atoms with Gasteiger partial charge < -0.3 is 4.74 Å². The summed E-state index contributed by atoms with van der Waals surface area (Å²) in [4.78, 5) is 0. The Kier molecular flexibility index (Phi) is 4.20. The van der Waals surface area contributed by atoms with E-state index in [9.17, 15) is 0 Å². The van der Waals surface area contributed by atoms with Gasteiger partial charge in [0.15, 0.2) is 0 Å². The van der Waals surface area contributed by atoms with Crippen LogP contribution in [-0.2, 0) is 4.74 Å². The highest BCUT2D eigenvalue weighted by molar-refractivity contribution is 14.1. The zero-order valence-corrected chi connectivity index (χ0v) is 11.1. The second-order valence-corrected chi connectivity index (χ2v) is 5.06. The van der Waals surface area contributed by atoms with Crippen molar-refractivity contribution in [2.75, 3.05) is 6.61 Å². The van der Waals surface area contributed by atoms with Gasteiger partial charge >= 0.3 is 0 Å². The van der Waals surface area contributed by atoms with E-state index in [0.29, 0.717) is 0 Å². The first kappa shape index (κ1) is 11.9. The fourth-order valence-corrected chi connectivity index (χ4v) is 2.23. The Morgan fingerprint density at radius 3 is 2.62 bits per heavy atom. The summed E-state index contributed by atoms with van der Waals surface area (Å²) in [7, 11) is 0. The van der Waals surface area contributed by atoms with Gasteiger partial charge in [-0.3, -0.25) is 5.84 Å². The molecule has 16 heavy (non-hydrogen) atoms. The molecule has 3 nitrogen and oxygen atoms in total. The van der Waals surface area contributed by atoms with Gasteiger partial charge in [0.05, 0.1) is 18.9 Å². The number of ether oxygens (including phenoxy) is 1. The van der Waals surface area contributed by atoms with Crippen molar-refractivity contribution < 1.29 is 4.74 Å². The van der Waals surface area contributed by atoms with Crippen LogP contribution < -0.4 is 11.3 Å². The molecule has 1 aromatic rings. The Hall–Kier alpha value is -0.590. The van der Waals surface area contributed by atoms with Gasteiger partial charge in [-0.2, -0.15) is 0 Å². The Labute approximate surface area is 109 Å². The summed E-state index contributed by atoms with van der Waals surface area (Å²) in [6, 6.07) is 8.44. The molecule has 1 atom stereocenters. The molecular weight excluding hydrogens is 315 g/mol. The monoisotopic (exact) mass is 330 g/mol. The van der Waals surface area contributed by atoms with Crippen molar-refractivity contribution in [2.45, 2.75) is 18.9 Å². The minimum absolute atomic E-state index is 0.0669. The van der Waals surface area contributed by atoms with Crippen LogP contribution in [0.4, 0.5) is 0 Å². The smallest absolute Gasteiger partial charge is 0.0876 e. The number of hydrazine groups is 1. The van der Waals surface area contributed by atoms with E-state index < -0.39 is 0 Å². The molecule has 86 valence electrons. The molecule has 1 aliphatic heterocycles. The quantitative estimate of drug-likeness (QED) is 0.509. The van der Waals surface area contributed by atoms with Crippen LogP contribution in [0.25, 0.3) is 0 Å². The fraction of sp³-hybridized carbons (Fsp3) is 0.333. The van der Waals surface area contributed by atoms with E-state index in [1.165, 1.54) is 14.7 Å². The van der Waals surface area contributed by atoms with Crippen molar-refractivity contribution in [1.82, 2.24) is 5.43 Å². The Balaban J connectivity index is 2.21. The summed E-state index contributed by atoms with van der Waals surface area (Å²) in [5.41, 5.74) is 5.25. The molecule has 1 aliphatic rings. The van der Waals surface area contributed by atoms with Crippen molar-refractivity contribution >= 4 is 22.6 Å². The summed E-state index contributed by atoms with van der Waals surface area (Å²) in [6.45, 7) is 0.813. The predicted octanol–water partition coefficient (Wildman–Crippen LogP) is 2.49. The largest absolute Gasteiger partial charge is 0.501 e. The Morgan fingerprint density at radius 1 is 1.31 bits per heavy atom. The lowest BCUT2D eigenvalue weighted by Crippen LogP contribution is -2.30. The highest BCUT2D eigenvalue weighted by Crippen LogP contribution is 2.27. The summed E-state index contributed by atoms with van der Waals surface area (Å²) in [5, 5.41) is 0. The first-order chi connectivity index (χ1) is 7.81. The lowest BCUT2D eigenvalue weighted by Gasteiger charge is -2.22. The first-order valence-electron chi connectivity index (χ1n) is 5.33. The fourth-order valence-electron chi connectivity index (χ4n) is 1.87.